The Bertz CT molecular complexity index is 1220. The second-order valence-corrected chi connectivity index (χ2v) is 12.9. The van der Waals surface area contributed by atoms with Crippen molar-refractivity contribution in [2.24, 2.45) is 0 Å². The Morgan fingerprint density at radius 1 is 0.565 bits per heavy atom. The maximum atomic E-state index is 14.8. The van der Waals surface area contributed by atoms with E-state index in [2.05, 4.69) is 4.74 Å². The molecule has 3 rings (SSSR count). The minimum absolute atomic E-state index is 0.189. The third-order valence-corrected chi connectivity index (χ3v) is 9.96. The first kappa shape index (κ1) is 37.9. The minimum atomic E-state index is -2.73. The Kier molecular flexibility index (Phi) is 15.0. The maximum Gasteiger partial charge on any atom is 0.501 e. The van der Waals surface area contributed by atoms with Crippen LogP contribution in [0.2, 0.25) is 6.04 Å². The summed E-state index contributed by atoms with van der Waals surface area (Å²) in [5.41, 5.74) is -3.96. The molecule has 0 spiro atoms. The Morgan fingerprint density at radius 2 is 0.978 bits per heavy atom. The normalized spacial score (nSPS) is 14.6. The molecule has 1 heterocycles. The summed E-state index contributed by atoms with van der Waals surface area (Å²) >= 11 is 0. The summed E-state index contributed by atoms with van der Waals surface area (Å²) in [6, 6.07) is 0.616. The first-order valence-electron chi connectivity index (χ1n) is 15.1. The second kappa shape index (κ2) is 18.2. The smallest absolute Gasteiger partial charge is 0.487 e. The Balaban J connectivity index is 1.50. The third-order valence-electron chi connectivity index (χ3n) is 6.81. The second-order valence-electron chi connectivity index (χ2n) is 10.1. The van der Waals surface area contributed by atoms with Gasteiger partial charge in [-0.05, 0) is 46.5 Å². The topological polar surface area (TPSA) is 67.9 Å². The van der Waals surface area contributed by atoms with E-state index in [-0.39, 0.29) is 19.6 Å². The molecule has 0 aromatic heterocycles. The molecule has 1 unspecified atom stereocenters. The van der Waals surface area contributed by atoms with Gasteiger partial charge in [-0.1, -0.05) is 6.42 Å². The maximum absolute atomic E-state index is 14.8. The molecule has 1 aliphatic heterocycles. The van der Waals surface area contributed by atoms with Crippen molar-refractivity contribution < 1.29 is 67.3 Å². The SMILES string of the molecule is CCO[Si](CCCOCCCCCCOc1c(F)c(F)c(-c2c(F)c(F)c(OCC3CO3)c(F)c2F)c(F)c1F)(OCC)OCC. The highest BCUT2D eigenvalue weighted by Gasteiger charge is 2.40. The van der Waals surface area contributed by atoms with E-state index in [0.29, 0.717) is 64.8 Å². The zero-order valence-electron chi connectivity index (χ0n) is 25.9. The Hall–Kier alpha value is -2.50. The number of ether oxygens (including phenoxy) is 4. The molecule has 260 valence electrons. The van der Waals surface area contributed by atoms with Gasteiger partial charge in [0.25, 0.3) is 0 Å². The highest BCUT2D eigenvalue weighted by Crippen LogP contribution is 2.42. The van der Waals surface area contributed by atoms with Crippen LogP contribution < -0.4 is 9.47 Å². The van der Waals surface area contributed by atoms with Gasteiger partial charge < -0.3 is 32.2 Å². The summed E-state index contributed by atoms with van der Waals surface area (Å²) < 4.78 is 155. The predicted molar refractivity (Wildman–Crippen MR) is 152 cm³/mol. The lowest BCUT2D eigenvalue weighted by molar-refractivity contribution is 0.0656. The Labute approximate surface area is 263 Å². The van der Waals surface area contributed by atoms with Crippen LogP contribution in [0.5, 0.6) is 11.5 Å². The summed E-state index contributed by atoms with van der Waals surface area (Å²) in [6.45, 7) is 7.37. The van der Waals surface area contributed by atoms with Crippen molar-refractivity contribution in [3.8, 4) is 22.6 Å². The summed E-state index contributed by atoms with van der Waals surface area (Å²) in [7, 11) is -2.73. The molecule has 1 fully saturated rings. The van der Waals surface area contributed by atoms with E-state index in [9.17, 15) is 35.1 Å². The van der Waals surface area contributed by atoms with Crippen LogP contribution in [-0.4, -0.2) is 67.8 Å². The lowest BCUT2D eigenvalue weighted by Crippen LogP contribution is -2.46. The van der Waals surface area contributed by atoms with Crippen LogP contribution in [-0.2, 0) is 22.8 Å². The van der Waals surface area contributed by atoms with E-state index in [1.165, 1.54) is 0 Å². The number of hydrogen-bond donors (Lipinski definition) is 0. The van der Waals surface area contributed by atoms with E-state index < -0.39 is 90.7 Å². The molecule has 2 aromatic carbocycles. The molecule has 1 atom stereocenters. The third kappa shape index (κ3) is 9.53. The molecule has 0 bridgehead atoms. The van der Waals surface area contributed by atoms with E-state index >= 15 is 0 Å². The molecule has 0 N–H and O–H groups in total. The van der Waals surface area contributed by atoms with Crippen LogP contribution in [0.4, 0.5) is 35.1 Å². The van der Waals surface area contributed by atoms with Crippen molar-refractivity contribution >= 4 is 8.80 Å². The van der Waals surface area contributed by atoms with Gasteiger partial charge in [0.1, 0.15) is 12.7 Å². The van der Waals surface area contributed by atoms with E-state index in [1.807, 2.05) is 20.8 Å². The molecule has 16 heteroatoms. The zero-order valence-corrected chi connectivity index (χ0v) is 26.9. The van der Waals surface area contributed by atoms with Crippen molar-refractivity contribution in [2.45, 2.75) is 65.0 Å². The van der Waals surface area contributed by atoms with Gasteiger partial charge in [-0.2, -0.15) is 17.6 Å². The van der Waals surface area contributed by atoms with Crippen molar-refractivity contribution in [3.05, 3.63) is 46.5 Å². The highest BCUT2D eigenvalue weighted by molar-refractivity contribution is 6.60. The average Bonchev–Trinajstić information content (AvgIpc) is 3.86. The molecule has 46 heavy (non-hydrogen) atoms. The first-order valence-corrected chi connectivity index (χ1v) is 17.1. The van der Waals surface area contributed by atoms with Gasteiger partial charge in [-0.3, -0.25) is 0 Å². The summed E-state index contributed by atoms with van der Waals surface area (Å²) in [6.07, 6.45) is 2.19. The van der Waals surface area contributed by atoms with E-state index in [1.54, 1.807) is 0 Å². The lowest BCUT2D eigenvalue weighted by atomic mass is 10.0. The van der Waals surface area contributed by atoms with Gasteiger partial charge in [0.2, 0.25) is 23.3 Å². The summed E-state index contributed by atoms with van der Waals surface area (Å²) in [4.78, 5) is 0. The molecule has 1 aliphatic rings. The number of rotatable bonds is 22. The summed E-state index contributed by atoms with van der Waals surface area (Å²) in [5, 5.41) is 0. The fourth-order valence-corrected chi connectivity index (χ4v) is 7.16. The molecule has 0 aliphatic carbocycles. The molecular formula is C30H38F8O7Si. The van der Waals surface area contributed by atoms with Gasteiger partial charge in [-0.15, -0.1) is 0 Å². The largest absolute Gasteiger partial charge is 0.501 e. The Morgan fingerprint density at radius 3 is 1.41 bits per heavy atom. The van der Waals surface area contributed by atoms with Crippen LogP contribution in [0.15, 0.2) is 0 Å². The minimum Gasteiger partial charge on any atom is -0.487 e. The summed E-state index contributed by atoms with van der Waals surface area (Å²) in [5.74, 6) is -20.7. The quantitative estimate of drug-likeness (QED) is 0.0414. The van der Waals surface area contributed by atoms with E-state index in [0.717, 1.165) is 0 Å². The number of halogens is 8. The number of benzene rings is 2. The lowest BCUT2D eigenvalue weighted by Gasteiger charge is -2.28. The van der Waals surface area contributed by atoms with Crippen molar-refractivity contribution in [2.75, 3.05) is 52.9 Å². The van der Waals surface area contributed by atoms with E-state index in [4.69, 9.17) is 27.5 Å². The average molecular weight is 691 g/mol. The number of unbranched alkanes of at least 4 members (excludes halogenated alkanes) is 3. The molecular weight excluding hydrogens is 652 g/mol. The van der Waals surface area contributed by atoms with Gasteiger partial charge in [0.05, 0.1) is 24.3 Å². The van der Waals surface area contributed by atoms with Crippen molar-refractivity contribution in [1.29, 1.82) is 0 Å². The van der Waals surface area contributed by atoms with Crippen molar-refractivity contribution in [3.63, 3.8) is 0 Å². The van der Waals surface area contributed by atoms with Gasteiger partial charge in [0, 0.05) is 39.1 Å². The van der Waals surface area contributed by atoms with Gasteiger partial charge in [-0.25, -0.2) is 17.6 Å². The standard InChI is InChI=1S/C30H38F8O7Si/c1-4-43-46(44-5-2,45-6-3)15-11-13-39-12-9-7-8-10-14-40-29-25(35)21(31)19(22(32)26(29)36)20-23(33)27(37)30(28(38)24(20)34)42-17-18-16-41-18/h18H,4-17H2,1-3H3. The molecule has 7 nitrogen and oxygen atoms in total. The fourth-order valence-electron chi connectivity index (χ4n) is 4.58. The van der Waals surface area contributed by atoms with Gasteiger partial charge >= 0.3 is 8.80 Å². The van der Waals surface area contributed by atoms with Crippen LogP contribution in [0.3, 0.4) is 0 Å². The molecule has 0 saturated carbocycles. The first-order chi connectivity index (χ1) is 22.0. The van der Waals surface area contributed by atoms with Crippen molar-refractivity contribution in [1.82, 2.24) is 0 Å². The molecule has 2 aromatic rings. The van der Waals surface area contributed by atoms with Crippen LogP contribution in [0.1, 0.15) is 52.9 Å². The fraction of sp³-hybridized carbons (Fsp3) is 0.600. The van der Waals surface area contributed by atoms with Gasteiger partial charge in [0.15, 0.2) is 34.8 Å². The number of hydrogen-bond acceptors (Lipinski definition) is 7. The monoisotopic (exact) mass is 690 g/mol. The zero-order chi connectivity index (χ0) is 33.9. The molecule has 1 saturated heterocycles. The molecule has 0 amide bonds. The highest BCUT2D eigenvalue weighted by atomic mass is 28.4. The van der Waals surface area contributed by atoms with Crippen LogP contribution in [0.25, 0.3) is 11.1 Å². The molecule has 0 radical (unpaired) electrons. The predicted octanol–water partition coefficient (Wildman–Crippen LogP) is 7.64. The van der Waals surface area contributed by atoms with Crippen LogP contribution in [0, 0.1) is 46.5 Å². The van der Waals surface area contributed by atoms with Crippen LogP contribution >= 0.6 is 0 Å². The number of epoxide rings is 1.